The second kappa shape index (κ2) is 3.75. The molecule has 0 aromatic heterocycles. The van der Waals surface area contributed by atoms with E-state index >= 15 is 0 Å². The van der Waals surface area contributed by atoms with Crippen LogP contribution in [0, 0.1) is 5.41 Å². The van der Waals surface area contributed by atoms with E-state index in [0.717, 1.165) is 6.29 Å². The monoisotopic (exact) mass is 227 g/mol. The molecule has 1 rings (SSSR count). The van der Waals surface area contributed by atoms with Crippen molar-refractivity contribution < 1.29 is 14.3 Å². The summed E-state index contributed by atoms with van der Waals surface area (Å²) in [6.45, 7) is 11.5. The topological polar surface area (TPSA) is 46.4 Å². The zero-order valence-corrected chi connectivity index (χ0v) is 10.9. The minimum Gasteiger partial charge on any atom is -0.444 e. The fraction of sp³-hybridized carbons (Fsp3) is 0.833. The summed E-state index contributed by atoms with van der Waals surface area (Å²) in [5, 5.41) is 0. The number of rotatable bonds is 1. The average Bonchev–Trinajstić information content (AvgIpc) is 2.72. The number of carbonyl (C=O) groups excluding carboxylic acids is 2. The van der Waals surface area contributed by atoms with Crippen molar-refractivity contribution in [2.24, 2.45) is 5.41 Å². The minimum atomic E-state index is -0.518. The first-order chi connectivity index (χ1) is 7.08. The number of nitrogens with zero attached hydrogens (tertiary/aromatic N) is 1. The van der Waals surface area contributed by atoms with Crippen LogP contribution >= 0.6 is 0 Å². The summed E-state index contributed by atoms with van der Waals surface area (Å²) < 4.78 is 5.25. The molecule has 0 N–H and O–H groups in total. The molecule has 4 heteroatoms. The highest BCUT2D eigenvalue weighted by atomic mass is 16.6. The third kappa shape index (κ3) is 2.74. The quantitative estimate of drug-likeness (QED) is 0.509. The van der Waals surface area contributed by atoms with Crippen molar-refractivity contribution in [3.05, 3.63) is 0 Å². The Labute approximate surface area is 96.9 Å². The van der Waals surface area contributed by atoms with Gasteiger partial charge in [-0.3, -0.25) is 4.90 Å². The van der Waals surface area contributed by atoms with Gasteiger partial charge in [-0.2, -0.15) is 0 Å². The number of hydrogen-bond donors (Lipinski definition) is 0. The summed E-state index contributed by atoms with van der Waals surface area (Å²) in [5.74, 6) is 0. The molecule has 0 unspecified atom stereocenters. The summed E-state index contributed by atoms with van der Waals surface area (Å²) >= 11 is 0. The molecule has 1 aliphatic heterocycles. The Morgan fingerprint density at radius 2 is 1.69 bits per heavy atom. The predicted molar refractivity (Wildman–Crippen MR) is 61.2 cm³/mol. The van der Waals surface area contributed by atoms with Gasteiger partial charge in [-0.15, -0.1) is 0 Å². The van der Waals surface area contributed by atoms with Crippen molar-refractivity contribution in [1.29, 1.82) is 0 Å². The van der Waals surface area contributed by atoms with E-state index in [0.29, 0.717) is 0 Å². The maximum atomic E-state index is 11.8. The van der Waals surface area contributed by atoms with E-state index in [-0.39, 0.29) is 17.5 Å². The number of ether oxygens (including phenoxy) is 1. The van der Waals surface area contributed by atoms with E-state index in [1.54, 1.807) is 0 Å². The lowest BCUT2D eigenvalue weighted by Gasteiger charge is -2.22. The van der Waals surface area contributed by atoms with E-state index in [9.17, 15) is 9.59 Å². The van der Waals surface area contributed by atoms with Crippen molar-refractivity contribution in [3.8, 4) is 0 Å². The van der Waals surface area contributed by atoms with Crippen LogP contribution in [0.25, 0.3) is 0 Å². The van der Waals surface area contributed by atoms with Crippen LogP contribution < -0.4 is 0 Å². The molecule has 16 heavy (non-hydrogen) atoms. The SMILES string of the molecule is CC(C)(C)OC(=O)N1[C@H](C=O)[C@H]1C(C)(C)C. The summed E-state index contributed by atoms with van der Waals surface area (Å²) in [7, 11) is 0. The van der Waals surface area contributed by atoms with Crippen molar-refractivity contribution in [2.75, 3.05) is 0 Å². The van der Waals surface area contributed by atoms with E-state index in [4.69, 9.17) is 4.74 Å². The fourth-order valence-corrected chi connectivity index (χ4v) is 1.87. The van der Waals surface area contributed by atoms with E-state index in [2.05, 4.69) is 0 Å². The molecule has 1 amide bonds. The van der Waals surface area contributed by atoms with Crippen LogP contribution in [0.2, 0.25) is 0 Å². The maximum Gasteiger partial charge on any atom is 0.411 e. The molecule has 0 saturated carbocycles. The van der Waals surface area contributed by atoms with Crippen LogP contribution in [-0.2, 0) is 9.53 Å². The standard InChI is InChI=1S/C12H21NO3/c1-11(2,3)9-8(7-14)13(9)10(15)16-12(4,5)6/h7-9H,1-6H3/t8-,9+,13?/m1/s1. The van der Waals surface area contributed by atoms with E-state index < -0.39 is 11.7 Å². The van der Waals surface area contributed by atoms with Gasteiger partial charge in [0.05, 0.1) is 6.04 Å². The molecule has 0 aliphatic carbocycles. The Hall–Kier alpha value is -1.06. The molecule has 1 fully saturated rings. The second-order valence-electron chi connectivity index (χ2n) is 6.33. The highest BCUT2D eigenvalue weighted by Gasteiger charge is 2.57. The number of carbonyl (C=O) groups is 2. The van der Waals surface area contributed by atoms with Crippen molar-refractivity contribution >= 4 is 12.4 Å². The molecule has 0 bridgehead atoms. The zero-order valence-electron chi connectivity index (χ0n) is 10.9. The predicted octanol–water partition coefficient (Wildman–Crippen LogP) is 2.22. The largest absolute Gasteiger partial charge is 0.444 e. The summed E-state index contributed by atoms with van der Waals surface area (Å²) in [5.41, 5.74) is -0.613. The van der Waals surface area contributed by atoms with Crippen molar-refractivity contribution in [1.82, 2.24) is 4.90 Å². The smallest absolute Gasteiger partial charge is 0.411 e. The Morgan fingerprint density at radius 3 is 1.94 bits per heavy atom. The molecular weight excluding hydrogens is 206 g/mol. The summed E-state index contributed by atoms with van der Waals surface area (Å²) in [6.07, 6.45) is 0.421. The van der Waals surface area contributed by atoms with Crippen molar-refractivity contribution in [2.45, 2.75) is 59.2 Å². The number of amides is 1. The summed E-state index contributed by atoms with van der Waals surface area (Å²) in [6, 6.07) is -0.366. The molecule has 1 heterocycles. The molecule has 2 atom stereocenters. The van der Waals surface area contributed by atoms with Crippen LogP contribution in [0.5, 0.6) is 0 Å². The van der Waals surface area contributed by atoms with E-state index in [1.165, 1.54) is 4.90 Å². The van der Waals surface area contributed by atoms with E-state index in [1.807, 2.05) is 41.5 Å². The van der Waals surface area contributed by atoms with Crippen LogP contribution in [0.3, 0.4) is 0 Å². The molecule has 1 saturated heterocycles. The van der Waals surface area contributed by atoms with Crippen LogP contribution in [0.4, 0.5) is 4.79 Å². The Kier molecular flexibility index (Phi) is 3.05. The lowest BCUT2D eigenvalue weighted by atomic mass is 9.90. The van der Waals surface area contributed by atoms with Crippen LogP contribution in [0.15, 0.2) is 0 Å². The maximum absolute atomic E-state index is 11.8. The lowest BCUT2D eigenvalue weighted by Crippen LogP contribution is -2.30. The van der Waals surface area contributed by atoms with Crippen molar-refractivity contribution in [3.63, 3.8) is 0 Å². The first kappa shape index (κ1) is 13.0. The van der Waals surface area contributed by atoms with Gasteiger partial charge in [0.15, 0.2) is 0 Å². The van der Waals surface area contributed by atoms with Gasteiger partial charge in [-0.25, -0.2) is 4.79 Å². The molecule has 0 aromatic carbocycles. The molecule has 0 radical (unpaired) electrons. The first-order valence-electron chi connectivity index (χ1n) is 5.54. The van der Waals surface area contributed by atoms with Gasteiger partial charge in [0.25, 0.3) is 0 Å². The van der Waals surface area contributed by atoms with Gasteiger partial charge in [0, 0.05) is 0 Å². The fourth-order valence-electron chi connectivity index (χ4n) is 1.87. The molecular formula is C12H21NO3. The number of hydrogen-bond acceptors (Lipinski definition) is 3. The van der Waals surface area contributed by atoms with Crippen LogP contribution in [0.1, 0.15) is 41.5 Å². The van der Waals surface area contributed by atoms with Gasteiger partial charge in [-0.05, 0) is 26.2 Å². The van der Waals surface area contributed by atoms with Gasteiger partial charge in [0.2, 0.25) is 0 Å². The van der Waals surface area contributed by atoms with Gasteiger partial charge < -0.3 is 9.53 Å². The molecule has 1 aliphatic rings. The Balaban J connectivity index is 2.69. The Morgan fingerprint density at radius 1 is 1.19 bits per heavy atom. The van der Waals surface area contributed by atoms with Gasteiger partial charge in [-0.1, -0.05) is 20.8 Å². The average molecular weight is 227 g/mol. The molecule has 92 valence electrons. The van der Waals surface area contributed by atoms with Gasteiger partial charge >= 0.3 is 6.09 Å². The molecule has 0 spiro atoms. The third-order valence-electron chi connectivity index (χ3n) is 2.49. The highest BCUT2D eigenvalue weighted by Crippen LogP contribution is 2.41. The number of aldehydes is 1. The second-order valence-corrected chi connectivity index (χ2v) is 6.33. The third-order valence-corrected chi connectivity index (χ3v) is 2.49. The van der Waals surface area contributed by atoms with Gasteiger partial charge in [0.1, 0.15) is 17.9 Å². The minimum absolute atomic E-state index is 0.0418. The summed E-state index contributed by atoms with van der Waals surface area (Å²) in [4.78, 5) is 24.2. The molecule has 4 nitrogen and oxygen atoms in total. The van der Waals surface area contributed by atoms with Crippen LogP contribution in [-0.4, -0.2) is 35.0 Å². The highest BCUT2D eigenvalue weighted by molar-refractivity contribution is 5.81. The zero-order chi connectivity index (χ0) is 12.7. The normalized spacial score (nSPS) is 25.2. The Bertz CT molecular complexity index is 298. The first-order valence-corrected chi connectivity index (χ1v) is 5.54. The molecule has 0 aromatic rings. The lowest BCUT2D eigenvalue weighted by molar-refractivity contribution is -0.108.